The van der Waals surface area contributed by atoms with Gasteiger partial charge in [-0.2, -0.15) is 0 Å². The average Bonchev–Trinajstić information content (AvgIpc) is 3.39. The van der Waals surface area contributed by atoms with Crippen LogP contribution in [-0.2, 0) is 10.3 Å². The molecule has 3 aromatic rings. The number of piperidine rings is 1. The first-order valence-electron chi connectivity index (χ1n) is 11.4. The molecule has 0 saturated carbocycles. The van der Waals surface area contributed by atoms with E-state index < -0.39 is 11.6 Å². The fourth-order valence-corrected chi connectivity index (χ4v) is 5.06. The van der Waals surface area contributed by atoms with Crippen LogP contribution in [0.25, 0.3) is 11.1 Å². The second-order valence-corrected chi connectivity index (χ2v) is 9.62. The van der Waals surface area contributed by atoms with E-state index in [2.05, 4.69) is 15.6 Å². The van der Waals surface area contributed by atoms with Gasteiger partial charge in [0.25, 0.3) is 11.8 Å². The molecule has 5 rings (SSSR count). The smallest absolute Gasteiger partial charge is 0.322 e. The monoisotopic (exact) mass is 480 g/mol. The number of benzene rings is 2. The van der Waals surface area contributed by atoms with Crippen molar-refractivity contribution in [3.8, 4) is 0 Å². The highest BCUT2D eigenvalue weighted by atomic mass is 35.5. The lowest BCUT2D eigenvalue weighted by Gasteiger charge is -2.32. The van der Waals surface area contributed by atoms with Gasteiger partial charge in [-0.3, -0.25) is 14.9 Å². The van der Waals surface area contributed by atoms with Gasteiger partial charge >= 0.3 is 6.03 Å². The van der Waals surface area contributed by atoms with Crippen LogP contribution in [-0.4, -0.2) is 40.8 Å². The number of halogens is 1. The van der Waals surface area contributed by atoms with Gasteiger partial charge in [0.1, 0.15) is 11.1 Å². The molecule has 0 spiro atoms. The summed E-state index contributed by atoms with van der Waals surface area (Å²) >= 11 is 6.05. The van der Waals surface area contributed by atoms with Crippen LogP contribution in [0.1, 0.15) is 54.4 Å². The standard InChI is InChI=1S/C25H25ClN4O4/c1-14(2)25(23(32)28-24(33)29-25)17-5-3-16(4-6-17)22(31)30-11-9-15(10-12-30)21-27-19-13-18(26)7-8-20(19)34-21/h3-8,13-15H,9-12H2,1-2H3,(H2,28,29,32,33)/t25-/m1/s1. The first-order valence-corrected chi connectivity index (χ1v) is 11.7. The van der Waals surface area contributed by atoms with Crippen LogP contribution < -0.4 is 10.6 Å². The molecule has 0 aliphatic carbocycles. The van der Waals surface area contributed by atoms with Crippen molar-refractivity contribution in [2.75, 3.05) is 13.1 Å². The summed E-state index contributed by atoms with van der Waals surface area (Å²) in [4.78, 5) is 43.9. The van der Waals surface area contributed by atoms with Gasteiger partial charge < -0.3 is 14.6 Å². The summed E-state index contributed by atoms with van der Waals surface area (Å²) in [5.41, 5.74) is 1.51. The molecule has 2 N–H and O–H groups in total. The van der Waals surface area contributed by atoms with Gasteiger partial charge in [-0.25, -0.2) is 9.78 Å². The molecular formula is C25H25ClN4O4. The van der Waals surface area contributed by atoms with E-state index in [1.165, 1.54) is 0 Å². The number of nitrogens with zero attached hydrogens (tertiary/aromatic N) is 2. The predicted molar refractivity (Wildman–Crippen MR) is 127 cm³/mol. The van der Waals surface area contributed by atoms with Crippen LogP contribution in [0, 0.1) is 5.92 Å². The number of oxazole rings is 1. The molecule has 8 nitrogen and oxygen atoms in total. The summed E-state index contributed by atoms with van der Waals surface area (Å²) in [6.45, 7) is 4.94. The maximum Gasteiger partial charge on any atom is 0.322 e. The molecule has 34 heavy (non-hydrogen) atoms. The largest absolute Gasteiger partial charge is 0.440 e. The van der Waals surface area contributed by atoms with E-state index in [9.17, 15) is 14.4 Å². The van der Waals surface area contributed by atoms with Crippen molar-refractivity contribution < 1.29 is 18.8 Å². The second kappa shape index (κ2) is 8.43. The minimum atomic E-state index is -1.14. The summed E-state index contributed by atoms with van der Waals surface area (Å²) in [5.74, 6) is 0.225. The van der Waals surface area contributed by atoms with E-state index >= 15 is 0 Å². The quantitative estimate of drug-likeness (QED) is 0.545. The predicted octanol–water partition coefficient (Wildman–Crippen LogP) is 4.19. The molecule has 1 aromatic heterocycles. The van der Waals surface area contributed by atoms with Crippen molar-refractivity contribution in [1.82, 2.24) is 20.5 Å². The van der Waals surface area contributed by atoms with E-state index in [1.807, 2.05) is 24.8 Å². The number of urea groups is 1. The lowest BCUT2D eigenvalue weighted by molar-refractivity contribution is -0.125. The topological polar surface area (TPSA) is 105 Å². The fourth-order valence-electron chi connectivity index (χ4n) is 4.89. The number of rotatable bonds is 4. The molecule has 0 radical (unpaired) electrons. The summed E-state index contributed by atoms with van der Waals surface area (Å²) in [6.07, 6.45) is 1.51. The maximum absolute atomic E-state index is 13.1. The Morgan fingerprint density at radius 3 is 2.47 bits per heavy atom. The van der Waals surface area contributed by atoms with E-state index in [0.29, 0.717) is 40.7 Å². The number of aromatic nitrogens is 1. The zero-order valence-electron chi connectivity index (χ0n) is 18.9. The van der Waals surface area contributed by atoms with E-state index in [-0.39, 0.29) is 23.7 Å². The van der Waals surface area contributed by atoms with Gasteiger partial charge in [0.05, 0.1) is 0 Å². The zero-order valence-corrected chi connectivity index (χ0v) is 19.7. The highest BCUT2D eigenvalue weighted by Crippen LogP contribution is 2.34. The maximum atomic E-state index is 13.1. The van der Waals surface area contributed by atoms with Crippen molar-refractivity contribution >= 4 is 40.5 Å². The molecule has 2 aliphatic rings. The average molecular weight is 481 g/mol. The van der Waals surface area contributed by atoms with Crippen molar-refractivity contribution in [3.05, 3.63) is 64.5 Å². The second-order valence-electron chi connectivity index (χ2n) is 9.18. The van der Waals surface area contributed by atoms with Crippen molar-refractivity contribution in [1.29, 1.82) is 0 Å². The third-order valence-electron chi connectivity index (χ3n) is 6.85. The van der Waals surface area contributed by atoms with Gasteiger partial charge in [-0.05, 0) is 54.7 Å². The van der Waals surface area contributed by atoms with Crippen LogP contribution in [0.15, 0.2) is 46.9 Å². The third kappa shape index (κ3) is 3.72. The molecule has 2 fully saturated rings. The molecular weight excluding hydrogens is 456 g/mol. The highest BCUT2D eigenvalue weighted by molar-refractivity contribution is 6.31. The van der Waals surface area contributed by atoms with Crippen LogP contribution in [0.5, 0.6) is 0 Å². The molecule has 2 aromatic carbocycles. The highest BCUT2D eigenvalue weighted by Gasteiger charge is 2.50. The summed E-state index contributed by atoms with van der Waals surface area (Å²) in [6, 6.07) is 11.8. The van der Waals surface area contributed by atoms with E-state index in [1.54, 1.807) is 36.4 Å². The Kier molecular flexibility index (Phi) is 5.56. The van der Waals surface area contributed by atoms with Crippen molar-refractivity contribution in [3.63, 3.8) is 0 Å². The van der Waals surface area contributed by atoms with Gasteiger partial charge in [0.2, 0.25) is 0 Å². The molecule has 0 unspecified atom stereocenters. The van der Waals surface area contributed by atoms with Crippen LogP contribution in [0.4, 0.5) is 4.79 Å². The SMILES string of the molecule is CC(C)[C@]1(c2ccc(C(=O)N3CCC(c4nc5cc(Cl)ccc5o4)CC3)cc2)NC(=O)NC1=O. The van der Waals surface area contributed by atoms with Gasteiger partial charge in [-0.15, -0.1) is 0 Å². The Balaban J connectivity index is 1.27. The molecule has 1 atom stereocenters. The lowest BCUT2D eigenvalue weighted by atomic mass is 9.79. The first-order chi connectivity index (χ1) is 16.3. The minimum Gasteiger partial charge on any atom is -0.440 e. The molecule has 0 bridgehead atoms. The number of carbonyl (C=O) groups excluding carboxylic acids is 3. The molecule has 176 valence electrons. The summed E-state index contributed by atoms with van der Waals surface area (Å²) in [7, 11) is 0. The van der Waals surface area contributed by atoms with E-state index in [0.717, 1.165) is 18.4 Å². The molecule has 3 heterocycles. The summed E-state index contributed by atoms with van der Waals surface area (Å²) in [5, 5.41) is 5.70. The van der Waals surface area contributed by atoms with Gasteiger partial charge in [0.15, 0.2) is 11.5 Å². The summed E-state index contributed by atoms with van der Waals surface area (Å²) < 4.78 is 5.91. The Hall–Kier alpha value is -3.39. The Labute approximate surface area is 201 Å². The first kappa shape index (κ1) is 22.4. The van der Waals surface area contributed by atoms with Crippen LogP contribution >= 0.6 is 11.6 Å². The number of amides is 4. The number of likely N-dealkylation sites (tertiary alicyclic amines) is 1. The number of fused-ring (bicyclic) bond motifs is 1. The fraction of sp³-hybridized carbons (Fsp3) is 0.360. The minimum absolute atomic E-state index is 0.0622. The normalized spacial score (nSPS) is 21.2. The Bertz CT molecular complexity index is 1280. The number of hydrogen-bond donors (Lipinski definition) is 2. The Morgan fingerprint density at radius 1 is 1.15 bits per heavy atom. The van der Waals surface area contributed by atoms with E-state index in [4.69, 9.17) is 16.0 Å². The van der Waals surface area contributed by atoms with Gasteiger partial charge in [0, 0.05) is 29.6 Å². The molecule has 2 aliphatic heterocycles. The number of imide groups is 1. The molecule has 4 amide bonds. The van der Waals surface area contributed by atoms with Crippen LogP contribution in [0.3, 0.4) is 0 Å². The Morgan fingerprint density at radius 2 is 1.85 bits per heavy atom. The number of carbonyl (C=O) groups is 3. The number of nitrogens with one attached hydrogen (secondary N) is 2. The van der Waals surface area contributed by atoms with Gasteiger partial charge in [-0.1, -0.05) is 37.6 Å². The molecule has 9 heteroatoms. The van der Waals surface area contributed by atoms with Crippen LogP contribution in [0.2, 0.25) is 5.02 Å². The number of hydrogen-bond acceptors (Lipinski definition) is 5. The van der Waals surface area contributed by atoms with Crippen molar-refractivity contribution in [2.45, 2.75) is 38.1 Å². The third-order valence-corrected chi connectivity index (χ3v) is 7.08. The molecule has 2 saturated heterocycles. The zero-order chi connectivity index (χ0) is 24.0. The lowest BCUT2D eigenvalue weighted by Crippen LogP contribution is -2.48. The van der Waals surface area contributed by atoms with Crippen molar-refractivity contribution in [2.24, 2.45) is 5.92 Å².